The Morgan fingerprint density at radius 2 is 0.808 bits per heavy atom. The van der Waals surface area contributed by atoms with Crippen LogP contribution < -0.4 is 0 Å². The van der Waals surface area contributed by atoms with Gasteiger partial charge in [0.15, 0.2) is 0 Å². The fourth-order valence-corrected chi connectivity index (χ4v) is 3.33. The summed E-state index contributed by atoms with van der Waals surface area (Å²) in [5, 5.41) is 0. The van der Waals surface area contributed by atoms with Gasteiger partial charge in [0.2, 0.25) is 5.78 Å². The highest BCUT2D eigenvalue weighted by molar-refractivity contribution is 5.83. The summed E-state index contributed by atoms with van der Waals surface area (Å²) in [6, 6.07) is 0. The molecule has 1 nitrogen and oxygen atoms in total. The molecule has 0 aromatic heterocycles. The summed E-state index contributed by atoms with van der Waals surface area (Å²) >= 11 is 0. The lowest BCUT2D eigenvalue weighted by Crippen LogP contribution is -2.22. The fourth-order valence-electron chi connectivity index (χ4n) is 3.33. The van der Waals surface area contributed by atoms with Gasteiger partial charge in [0.05, 0.1) is 0 Å². The van der Waals surface area contributed by atoms with Crippen LogP contribution in [0.25, 0.3) is 0 Å². The molecule has 0 amide bonds. The van der Waals surface area contributed by atoms with Gasteiger partial charge in [0.25, 0.3) is 0 Å². The first kappa shape index (κ1) is 25.5. The summed E-state index contributed by atoms with van der Waals surface area (Å²) < 4.78 is 36.1. The molecule has 0 fully saturated rings. The van der Waals surface area contributed by atoms with E-state index >= 15 is 0 Å². The average Bonchev–Trinajstić information content (AvgIpc) is 2.59. The normalized spacial score (nSPS) is 11.8. The van der Waals surface area contributed by atoms with Gasteiger partial charge in [-0.05, 0) is 6.42 Å². The lowest BCUT2D eigenvalue weighted by molar-refractivity contribution is -0.171. The second-order valence-electron chi connectivity index (χ2n) is 7.68. The smallest absolute Gasteiger partial charge is 0.290 e. The van der Waals surface area contributed by atoms with Crippen LogP contribution in [0.3, 0.4) is 0 Å². The van der Waals surface area contributed by atoms with E-state index in [4.69, 9.17) is 0 Å². The Morgan fingerprint density at radius 1 is 0.538 bits per heavy atom. The van der Waals surface area contributed by atoms with E-state index in [1.165, 1.54) is 89.9 Å². The molecule has 0 aliphatic heterocycles. The lowest BCUT2D eigenvalue weighted by Gasteiger charge is -2.05. The number of rotatable bonds is 19. The van der Waals surface area contributed by atoms with Crippen molar-refractivity contribution in [3.8, 4) is 0 Å². The van der Waals surface area contributed by atoms with Crippen molar-refractivity contribution in [2.75, 3.05) is 0 Å². The van der Waals surface area contributed by atoms with Gasteiger partial charge in [0.1, 0.15) is 0 Å². The summed E-state index contributed by atoms with van der Waals surface area (Å²) in [5.41, 5.74) is 0. The number of hydrogen-bond acceptors (Lipinski definition) is 1. The van der Waals surface area contributed by atoms with Crippen molar-refractivity contribution in [3.05, 3.63) is 0 Å². The van der Waals surface area contributed by atoms with Crippen LogP contribution >= 0.6 is 0 Å². The number of alkyl halides is 3. The summed E-state index contributed by atoms with van der Waals surface area (Å²) in [5.74, 6) is -1.58. The number of hydrogen-bond donors (Lipinski definition) is 0. The minimum atomic E-state index is -4.64. The summed E-state index contributed by atoms with van der Waals surface area (Å²) in [7, 11) is 0. The van der Waals surface area contributed by atoms with Gasteiger partial charge in [-0.2, -0.15) is 13.2 Å². The van der Waals surface area contributed by atoms with Crippen LogP contribution in [-0.2, 0) is 4.79 Å². The van der Waals surface area contributed by atoms with Crippen molar-refractivity contribution >= 4 is 5.78 Å². The molecule has 0 saturated heterocycles. The Hall–Kier alpha value is -0.540. The summed E-state index contributed by atoms with van der Waals surface area (Å²) in [4.78, 5) is 10.7. The molecule has 0 aromatic carbocycles. The maximum atomic E-state index is 12.0. The zero-order chi connectivity index (χ0) is 19.5. The quantitative estimate of drug-likeness (QED) is 0.206. The Kier molecular flexibility index (Phi) is 17.5. The van der Waals surface area contributed by atoms with Crippen molar-refractivity contribution < 1.29 is 18.0 Å². The number of halogens is 3. The second-order valence-corrected chi connectivity index (χ2v) is 7.68. The van der Waals surface area contributed by atoms with Crippen LogP contribution in [0.2, 0.25) is 0 Å². The molecule has 0 bridgehead atoms. The van der Waals surface area contributed by atoms with Crippen LogP contribution in [0.15, 0.2) is 0 Å². The molecular weight excluding hydrogens is 337 g/mol. The Morgan fingerprint density at radius 3 is 1.08 bits per heavy atom. The number of carbonyl (C=O) groups excluding carboxylic acids is 1. The molecular formula is C22H41F3O. The van der Waals surface area contributed by atoms with E-state index in [1.54, 1.807) is 0 Å². The van der Waals surface area contributed by atoms with Crippen molar-refractivity contribution in [2.45, 2.75) is 135 Å². The number of carbonyl (C=O) groups is 1. The van der Waals surface area contributed by atoms with Crippen molar-refractivity contribution in [3.63, 3.8) is 0 Å². The highest BCUT2D eigenvalue weighted by Crippen LogP contribution is 2.20. The molecule has 4 heteroatoms. The van der Waals surface area contributed by atoms with Crippen LogP contribution in [0.4, 0.5) is 13.2 Å². The second kappa shape index (κ2) is 17.9. The fraction of sp³-hybridized carbons (Fsp3) is 0.955. The summed E-state index contributed by atoms with van der Waals surface area (Å²) in [6.07, 6.45) is 17.0. The van der Waals surface area contributed by atoms with Crippen LogP contribution in [0.1, 0.15) is 129 Å². The molecule has 0 saturated carbocycles. The van der Waals surface area contributed by atoms with Gasteiger partial charge in [-0.15, -0.1) is 0 Å². The predicted octanol–water partition coefficient (Wildman–Crippen LogP) is 8.55. The molecule has 0 unspecified atom stereocenters. The maximum absolute atomic E-state index is 12.0. The van der Waals surface area contributed by atoms with E-state index in [9.17, 15) is 18.0 Å². The van der Waals surface area contributed by atoms with Gasteiger partial charge < -0.3 is 0 Å². The third kappa shape index (κ3) is 18.3. The van der Waals surface area contributed by atoms with E-state index in [1.807, 2.05) is 0 Å². The van der Waals surface area contributed by atoms with Gasteiger partial charge in [-0.1, -0.05) is 116 Å². The maximum Gasteiger partial charge on any atom is 0.449 e. The zero-order valence-corrected chi connectivity index (χ0v) is 17.0. The molecule has 0 rings (SSSR count). The molecule has 0 spiro atoms. The standard InChI is InChI=1S/C22H41F3O/c1-2-3-4-5-6-7-8-9-10-11-12-13-14-15-16-17-18-19-20-21(26)22(23,24)25/h2-20H2,1H3. The van der Waals surface area contributed by atoms with E-state index in [2.05, 4.69) is 6.92 Å². The molecule has 0 aromatic rings. The topological polar surface area (TPSA) is 17.1 Å². The van der Waals surface area contributed by atoms with E-state index < -0.39 is 12.0 Å². The third-order valence-corrected chi connectivity index (χ3v) is 5.07. The van der Waals surface area contributed by atoms with E-state index in [-0.39, 0.29) is 6.42 Å². The predicted molar refractivity (Wildman–Crippen MR) is 104 cm³/mol. The van der Waals surface area contributed by atoms with Crippen LogP contribution in [0, 0.1) is 0 Å². The number of ketones is 1. The van der Waals surface area contributed by atoms with Crippen LogP contribution in [0.5, 0.6) is 0 Å². The first-order valence-corrected chi connectivity index (χ1v) is 11.1. The van der Waals surface area contributed by atoms with Gasteiger partial charge in [0, 0.05) is 6.42 Å². The Balaban J connectivity index is 3.10. The molecule has 0 N–H and O–H groups in total. The Bertz CT molecular complexity index is 313. The van der Waals surface area contributed by atoms with E-state index in [0.717, 1.165) is 19.3 Å². The first-order valence-electron chi connectivity index (χ1n) is 11.1. The minimum Gasteiger partial charge on any atom is -0.290 e. The zero-order valence-electron chi connectivity index (χ0n) is 17.0. The monoisotopic (exact) mass is 378 g/mol. The van der Waals surface area contributed by atoms with Crippen molar-refractivity contribution in [1.29, 1.82) is 0 Å². The van der Waals surface area contributed by atoms with Crippen molar-refractivity contribution in [2.24, 2.45) is 0 Å². The molecule has 0 heterocycles. The summed E-state index contributed by atoms with van der Waals surface area (Å²) in [6.45, 7) is 2.26. The lowest BCUT2D eigenvalue weighted by atomic mass is 10.0. The highest BCUT2D eigenvalue weighted by Gasteiger charge is 2.36. The third-order valence-electron chi connectivity index (χ3n) is 5.07. The van der Waals surface area contributed by atoms with Gasteiger partial charge in [-0.25, -0.2) is 0 Å². The molecule has 0 aliphatic rings. The largest absolute Gasteiger partial charge is 0.449 e. The molecule has 0 radical (unpaired) electrons. The molecule has 0 atom stereocenters. The van der Waals surface area contributed by atoms with Gasteiger partial charge in [-0.3, -0.25) is 4.79 Å². The molecule has 26 heavy (non-hydrogen) atoms. The van der Waals surface area contributed by atoms with E-state index in [0.29, 0.717) is 6.42 Å². The minimum absolute atomic E-state index is 0.345. The molecule has 0 aliphatic carbocycles. The van der Waals surface area contributed by atoms with Crippen LogP contribution in [-0.4, -0.2) is 12.0 Å². The SMILES string of the molecule is CCCCCCCCCCCCCCCCCCCCC(=O)C(F)(F)F. The molecule has 156 valence electrons. The highest BCUT2D eigenvalue weighted by atomic mass is 19.4. The number of Topliss-reactive ketones (excluding diaryl/α,β-unsaturated/α-hetero) is 1. The Labute approximate surface area is 159 Å². The first-order chi connectivity index (χ1) is 12.5. The average molecular weight is 379 g/mol. The van der Waals surface area contributed by atoms with Gasteiger partial charge >= 0.3 is 6.18 Å². The number of unbranched alkanes of at least 4 members (excludes halogenated alkanes) is 17. The van der Waals surface area contributed by atoms with Crippen molar-refractivity contribution in [1.82, 2.24) is 0 Å².